The number of hydrogen-bond acceptors (Lipinski definition) is 4. The van der Waals surface area contributed by atoms with Crippen LogP contribution in [0, 0.1) is 0 Å². The van der Waals surface area contributed by atoms with Gasteiger partial charge in [-0.3, -0.25) is 0 Å². The maximum absolute atomic E-state index is 6.14. The standard InChI is InChI=1S/C13H25N3O2/c1-4-8-16-9-7-15-12(16)10-11(14)13(17-5-2)18-6-3/h7,9,11,13H,4-6,8,10,14H2,1-3H3. The van der Waals surface area contributed by atoms with Crippen molar-refractivity contribution in [3.8, 4) is 0 Å². The van der Waals surface area contributed by atoms with Crippen LogP contribution in [0.5, 0.6) is 0 Å². The Morgan fingerprint density at radius 3 is 2.50 bits per heavy atom. The van der Waals surface area contributed by atoms with Crippen molar-refractivity contribution < 1.29 is 9.47 Å². The number of aryl methyl sites for hydroxylation is 1. The molecule has 0 radical (unpaired) electrons. The van der Waals surface area contributed by atoms with Crippen LogP contribution in [0.1, 0.15) is 33.0 Å². The van der Waals surface area contributed by atoms with Gasteiger partial charge in [0.1, 0.15) is 5.82 Å². The van der Waals surface area contributed by atoms with Crippen LogP contribution in [-0.2, 0) is 22.4 Å². The Labute approximate surface area is 109 Å². The summed E-state index contributed by atoms with van der Waals surface area (Å²) < 4.78 is 13.2. The molecular formula is C13H25N3O2. The first-order valence-electron chi connectivity index (χ1n) is 6.71. The zero-order valence-electron chi connectivity index (χ0n) is 11.6. The van der Waals surface area contributed by atoms with Crippen LogP contribution in [0.2, 0.25) is 0 Å². The highest BCUT2D eigenvalue weighted by Crippen LogP contribution is 2.08. The predicted octanol–water partition coefficient (Wildman–Crippen LogP) is 1.56. The minimum Gasteiger partial charge on any atom is -0.351 e. The molecule has 0 bridgehead atoms. The van der Waals surface area contributed by atoms with Gasteiger partial charge in [-0.15, -0.1) is 0 Å². The number of hydrogen-bond donors (Lipinski definition) is 1. The van der Waals surface area contributed by atoms with E-state index in [1.165, 1.54) is 0 Å². The molecule has 0 aliphatic carbocycles. The van der Waals surface area contributed by atoms with Gasteiger partial charge < -0.3 is 19.8 Å². The molecule has 0 saturated carbocycles. The molecule has 1 atom stereocenters. The lowest BCUT2D eigenvalue weighted by molar-refractivity contribution is -0.148. The monoisotopic (exact) mass is 255 g/mol. The van der Waals surface area contributed by atoms with Crippen LogP contribution >= 0.6 is 0 Å². The van der Waals surface area contributed by atoms with Crippen LogP contribution in [0.15, 0.2) is 12.4 Å². The fraction of sp³-hybridized carbons (Fsp3) is 0.769. The molecule has 1 heterocycles. The number of rotatable bonds is 9. The lowest BCUT2D eigenvalue weighted by Gasteiger charge is -2.23. The zero-order valence-corrected chi connectivity index (χ0v) is 11.6. The number of ether oxygens (including phenoxy) is 2. The summed E-state index contributed by atoms with van der Waals surface area (Å²) in [4.78, 5) is 4.35. The van der Waals surface area contributed by atoms with Crippen LogP contribution in [0.3, 0.4) is 0 Å². The molecule has 1 rings (SSSR count). The Balaban J connectivity index is 2.60. The fourth-order valence-corrected chi connectivity index (χ4v) is 1.91. The first-order valence-corrected chi connectivity index (χ1v) is 6.71. The van der Waals surface area contributed by atoms with E-state index in [-0.39, 0.29) is 12.3 Å². The smallest absolute Gasteiger partial charge is 0.172 e. The SMILES string of the molecule is CCCn1ccnc1CC(N)C(OCC)OCC. The molecular weight excluding hydrogens is 230 g/mol. The second-order valence-electron chi connectivity index (χ2n) is 4.18. The maximum atomic E-state index is 6.14. The largest absolute Gasteiger partial charge is 0.351 e. The van der Waals surface area contributed by atoms with Crippen LogP contribution < -0.4 is 5.73 Å². The Morgan fingerprint density at radius 2 is 1.94 bits per heavy atom. The molecule has 104 valence electrons. The summed E-state index contributed by atoms with van der Waals surface area (Å²) in [5.41, 5.74) is 6.14. The third-order valence-corrected chi connectivity index (χ3v) is 2.70. The summed E-state index contributed by atoms with van der Waals surface area (Å²) in [6, 6.07) is -0.192. The van der Waals surface area contributed by atoms with E-state index in [0.29, 0.717) is 19.6 Å². The van der Waals surface area contributed by atoms with Crippen molar-refractivity contribution in [2.75, 3.05) is 13.2 Å². The molecule has 0 aliphatic heterocycles. The Hall–Kier alpha value is -0.910. The molecule has 2 N–H and O–H groups in total. The minimum atomic E-state index is -0.355. The highest BCUT2D eigenvalue weighted by molar-refractivity contribution is 4.95. The molecule has 5 nitrogen and oxygen atoms in total. The zero-order chi connectivity index (χ0) is 13.4. The summed E-state index contributed by atoms with van der Waals surface area (Å²) in [5.74, 6) is 0.994. The molecule has 1 unspecified atom stereocenters. The van der Waals surface area contributed by atoms with Gasteiger partial charge in [0, 0.05) is 38.6 Å². The minimum absolute atomic E-state index is 0.192. The second kappa shape index (κ2) is 8.24. The third kappa shape index (κ3) is 4.40. The highest BCUT2D eigenvalue weighted by Gasteiger charge is 2.20. The van der Waals surface area contributed by atoms with Crippen molar-refractivity contribution in [3.05, 3.63) is 18.2 Å². The van der Waals surface area contributed by atoms with Crippen molar-refractivity contribution in [2.45, 2.75) is 52.5 Å². The number of aromatic nitrogens is 2. The topological polar surface area (TPSA) is 62.3 Å². The van der Waals surface area contributed by atoms with E-state index in [4.69, 9.17) is 15.2 Å². The van der Waals surface area contributed by atoms with Crippen LogP contribution in [0.25, 0.3) is 0 Å². The lowest BCUT2D eigenvalue weighted by Crippen LogP contribution is -2.41. The molecule has 0 aliphatic rings. The number of nitrogens with zero attached hydrogens (tertiary/aromatic N) is 2. The van der Waals surface area contributed by atoms with Gasteiger partial charge in [0.15, 0.2) is 6.29 Å². The van der Waals surface area contributed by atoms with Crippen molar-refractivity contribution in [2.24, 2.45) is 5.73 Å². The van der Waals surface area contributed by atoms with E-state index < -0.39 is 0 Å². The molecule has 0 fully saturated rings. The van der Waals surface area contributed by atoms with E-state index in [1.54, 1.807) is 0 Å². The van der Waals surface area contributed by atoms with Gasteiger partial charge in [0.05, 0.1) is 6.04 Å². The summed E-state index contributed by atoms with van der Waals surface area (Å²) in [5, 5.41) is 0. The van der Waals surface area contributed by atoms with Crippen molar-refractivity contribution in [1.82, 2.24) is 9.55 Å². The summed E-state index contributed by atoms with van der Waals surface area (Å²) >= 11 is 0. The van der Waals surface area contributed by atoms with E-state index in [1.807, 2.05) is 26.2 Å². The van der Waals surface area contributed by atoms with E-state index in [2.05, 4.69) is 16.5 Å². The summed E-state index contributed by atoms with van der Waals surface area (Å²) in [7, 11) is 0. The van der Waals surface area contributed by atoms with Crippen molar-refractivity contribution >= 4 is 0 Å². The van der Waals surface area contributed by atoms with E-state index in [9.17, 15) is 0 Å². The first kappa shape index (κ1) is 15.1. The average Bonchev–Trinajstić information content (AvgIpc) is 2.77. The Bertz CT molecular complexity index is 322. The molecule has 0 amide bonds. The molecule has 0 aromatic carbocycles. The summed E-state index contributed by atoms with van der Waals surface area (Å²) in [6.07, 6.45) is 5.19. The van der Waals surface area contributed by atoms with Crippen molar-refractivity contribution in [1.29, 1.82) is 0 Å². The molecule has 0 saturated heterocycles. The predicted molar refractivity (Wildman–Crippen MR) is 71.2 cm³/mol. The normalized spacial score (nSPS) is 13.2. The van der Waals surface area contributed by atoms with Gasteiger partial charge >= 0.3 is 0 Å². The van der Waals surface area contributed by atoms with Gasteiger partial charge in [-0.1, -0.05) is 6.92 Å². The maximum Gasteiger partial charge on any atom is 0.172 e. The highest BCUT2D eigenvalue weighted by atomic mass is 16.7. The van der Waals surface area contributed by atoms with E-state index >= 15 is 0 Å². The molecule has 5 heteroatoms. The van der Waals surface area contributed by atoms with E-state index in [0.717, 1.165) is 18.8 Å². The van der Waals surface area contributed by atoms with Crippen LogP contribution in [0.4, 0.5) is 0 Å². The molecule has 0 spiro atoms. The summed E-state index contributed by atoms with van der Waals surface area (Å²) in [6.45, 7) is 8.19. The van der Waals surface area contributed by atoms with Gasteiger partial charge in [-0.05, 0) is 20.3 Å². The fourth-order valence-electron chi connectivity index (χ4n) is 1.91. The van der Waals surface area contributed by atoms with Gasteiger partial charge in [-0.25, -0.2) is 4.98 Å². The van der Waals surface area contributed by atoms with Gasteiger partial charge in [0.25, 0.3) is 0 Å². The van der Waals surface area contributed by atoms with Crippen LogP contribution in [-0.4, -0.2) is 35.1 Å². The molecule has 1 aromatic rings. The molecule has 18 heavy (non-hydrogen) atoms. The molecule has 1 aromatic heterocycles. The Kier molecular flexibility index (Phi) is 6.93. The first-order chi connectivity index (χ1) is 8.72. The average molecular weight is 255 g/mol. The number of nitrogens with two attached hydrogens (primary N) is 1. The van der Waals surface area contributed by atoms with Crippen molar-refractivity contribution in [3.63, 3.8) is 0 Å². The van der Waals surface area contributed by atoms with Gasteiger partial charge in [-0.2, -0.15) is 0 Å². The third-order valence-electron chi connectivity index (χ3n) is 2.70. The number of imidazole rings is 1. The lowest BCUT2D eigenvalue weighted by atomic mass is 10.2. The van der Waals surface area contributed by atoms with Gasteiger partial charge in [0.2, 0.25) is 0 Å². The quantitative estimate of drug-likeness (QED) is 0.680. The second-order valence-corrected chi connectivity index (χ2v) is 4.18. The Morgan fingerprint density at radius 1 is 1.28 bits per heavy atom.